The van der Waals surface area contributed by atoms with Gasteiger partial charge >= 0.3 is 12.4 Å². The van der Waals surface area contributed by atoms with Gasteiger partial charge in [-0.25, -0.2) is 0 Å². The van der Waals surface area contributed by atoms with E-state index in [1.165, 1.54) is 12.1 Å². The van der Waals surface area contributed by atoms with E-state index in [0.29, 0.717) is 12.1 Å². The molecule has 2 nitrogen and oxygen atoms in total. The van der Waals surface area contributed by atoms with E-state index in [9.17, 15) is 26.3 Å². The van der Waals surface area contributed by atoms with E-state index in [4.69, 9.17) is 10.5 Å². The molecule has 24 heavy (non-hydrogen) atoms. The highest BCUT2D eigenvalue weighted by atomic mass is 19.4. The molecular weight excluding hydrogens is 334 g/mol. The number of halogens is 6. The minimum absolute atomic E-state index is 0.142. The second-order valence-corrected chi connectivity index (χ2v) is 4.74. The maximum atomic E-state index is 12.9. The van der Waals surface area contributed by atoms with Gasteiger partial charge in [0.2, 0.25) is 0 Å². The number of benzene rings is 2. The molecule has 0 fully saturated rings. The third kappa shape index (κ3) is 3.33. The van der Waals surface area contributed by atoms with Gasteiger partial charge in [-0.05, 0) is 35.4 Å². The summed E-state index contributed by atoms with van der Waals surface area (Å²) < 4.78 is 77.7. The van der Waals surface area contributed by atoms with Gasteiger partial charge in [0, 0.05) is 0 Å². The lowest BCUT2D eigenvalue weighted by Crippen LogP contribution is -2.09. The smallest absolute Gasteiger partial charge is 0.192 e. The molecule has 8 heteroatoms. The lowest BCUT2D eigenvalue weighted by molar-refractivity contribution is -0.138. The zero-order valence-corrected chi connectivity index (χ0v) is 11.6. The summed E-state index contributed by atoms with van der Waals surface area (Å²) in [7, 11) is 0. The highest BCUT2D eigenvalue weighted by Crippen LogP contribution is 2.37. The lowest BCUT2D eigenvalue weighted by Gasteiger charge is -2.13. The number of rotatable bonds is 1. The zero-order chi connectivity index (χ0) is 18.1. The van der Waals surface area contributed by atoms with Crippen molar-refractivity contribution in [2.45, 2.75) is 12.4 Å². The minimum atomic E-state index is -4.82. The van der Waals surface area contributed by atoms with Crippen LogP contribution in [-0.4, -0.2) is 0 Å². The average Bonchev–Trinajstić information content (AvgIpc) is 2.52. The Morgan fingerprint density at radius 2 is 0.958 bits per heavy atom. The Labute approximate surface area is 132 Å². The van der Waals surface area contributed by atoms with Gasteiger partial charge in [-0.3, -0.25) is 0 Å². The predicted molar refractivity (Wildman–Crippen MR) is 71.3 cm³/mol. The molecule has 0 aliphatic rings. The fraction of sp³-hybridized carbons (Fsp3) is 0.125. The monoisotopic (exact) mass is 340 g/mol. The number of nitriles is 2. The molecule has 0 atom stereocenters. The van der Waals surface area contributed by atoms with Crippen LogP contribution >= 0.6 is 0 Å². The second-order valence-electron chi connectivity index (χ2n) is 4.74. The highest BCUT2D eigenvalue weighted by molar-refractivity contribution is 5.68. The molecule has 0 aliphatic heterocycles. The Morgan fingerprint density at radius 3 is 1.21 bits per heavy atom. The van der Waals surface area contributed by atoms with Crippen LogP contribution in [0.5, 0.6) is 0 Å². The first-order chi connectivity index (χ1) is 11.1. The van der Waals surface area contributed by atoms with E-state index in [0.717, 1.165) is 24.3 Å². The van der Waals surface area contributed by atoms with Gasteiger partial charge in [0.1, 0.15) is 0 Å². The highest BCUT2D eigenvalue weighted by Gasteiger charge is 2.35. The number of nitrogens with zero attached hydrogens (tertiary/aromatic N) is 2. The van der Waals surface area contributed by atoms with Crippen LogP contribution < -0.4 is 0 Å². The predicted octanol–water partition coefficient (Wildman–Crippen LogP) is 5.13. The zero-order valence-electron chi connectivity index (χ0n) is 11.6. The quantitative estimate of drug-likeness (QED) is 0.675. The van der Waals surface area contributed by atoms with Crippen LogP contribution in [0.15, 0.2) is 36.4 Å². The average molecular weight is 340 g/mol. The van der Waals surface area contributed by atoms with E-state index in [2.05, 4.69) is 0 Å². The molecule has 2 rings (SSSR count). The van der Waals surface area contributed by atoms with Crippen LogP contribution in [-0.2, 0) is 12.4 Å². The molecule has 0 radical (unpaired) electrons. The van der Waals surface area contributed by atoms with Crippen LogP contribution in [0.3, 0.4) is 0 Å². The maximum absolute atomic E-state index is 12.9. The molecule has 0 amide bonds. The molecule has 0 unspecified atom stereocenters. The van der Waals surface area contributed by atoms with Crippen molar-refractivity contribution in [3.63, 3.8) is 0 Å². The summed E-state index contributed by atoms with van der Waals surface area (Å²) in [5.41, 5.74) is -4.01. The van der Waals surface area contributed by atoms with Crippen LogP contribution in [0, 0.1) is 22.7 Å². The first-order valence-corrected chi connectivity index (χ1v) is 6.31. The van der Waals surface area contributed by atoms with Crippen molar-refractivity contribution >= 4 is 0 Å². The number of hydrogen-bond acceptors (Lipinski definition) is 2. The van der Waals surface area contributed by atoms with E-state index in [1.54, 1.807) is 0 Å². The summed E-state index contributed by atoms with van der Waals surface area (Å²) in [5, 5.41) is 17.5. The molecule has 2 aromatic rings. The van der Waals surface area contributed by atoms with Gasteiger partial charge in [-0.1, -0.05) is 12.1 Å². The third-order valence-electron chi connectivity index (χ3n) is 3.22. The Morgan fingerprint density at radius 1 is 0.625 bits per heavy atom. The summed E-state index contributed by atoms with van der Waals surface area (Å²) in [6.07, 6.45) is -9.64. The van der Waals surface area contributed by atoms with Gasteiger partial charge in [-0.2, -0.15) is 36.9 Å². The molecular formula is C16H6F6N2. The van der Waals surface area contributed by atoms with Crippen molar-refractivity contribution in [3.05, 3.63) is 58.7 Å². The SMILES string of the molecule is N#Cc1ccc(-c2ccc(C#N)c(C(F)(F)F)c2)cc1C(F)(F)F. The maximum Gasteiger partial charge on any atom is 0.417 e. The van der Waals surface area contributed by atoms with Crippen molar-refractivity contribution in [2.75, 3.05) is 0 Å². The Bertz CT molecular complexity index is 793. The summed E-state index contributed by atoms with van der Waals surface area (Å²) in [6, 6.07) is 8.03. The molecule has 0 aliphatic carbocycles. The van der Waals surface area contributed by atoms with Crippen LogP contribution in [0.1, 0.15) is 22.3 Å². The molecule has 122 valence electrons. The van der Waals surface area contributed by atoms with Crippen molar-refractivity contribution in [3.8, 4) is 23.3 Å². The van der Waals surface area contributed by atoms with Crippen molar-refractivity contribution in [2.24, 2.45) is 0 Å². The largest absolute Gasteiger partial charge is 0.417 e. The van der Waals surface area contributed by atoms with Crippen LogP contribution in [0.25, 0.3) is 11.1 Å². The molecule has 2 aromatic carbocycles. The van der Waals surface area contributed by atoms with Gasteiger partial charge in [0.05, 0.1) is 34.4 Å². The summed E-state index contributed by atoms with van der Waals surface area (Å²) in [6.45, 7) is 0. The molecule has 0 heterocycles. The molecule has 0 N–H and O–H groups in total. The van der Waals surface area contributed by atoms with Crippen molar-refractivity contribution < 1.29 is 26.3 Å². The van der Waals surface area contributed by atoms with Crippen molar-refractivity contribution in [1.29, 1.82) is 10.5 Å². The molecule has 0 bridgehead atoms. The Kier molecular flexibility index (Phi) is 4.26. The third-order valence-corrected chi connectivity index (χ3v) is 3.22. The Balaban J connectivity index is 2.66. The molecule has 0 spiro atoms. The summed E-state index contributed by atoms with van der Waals surface area (Å²) >= 11 is 0. The summed E-state index contributed by atoms with van der Waals surface area (Å²) in [4.78, 5) is 0. The number of hydrogen-bond donors (Lipinski definition) is 0. The molecule has 0 saturated carbocycles. The standard InChI is InChI=1S/C16H6F6N2/c17-15(18,19)13-5-9(1-3-11(13)7-23)10-2-4-12(8-24)14(6-10)16(20,21)22/h1-6H. The van der Waals surface area contributed by atoms with Gasteiger partial charge in [0.25, 0.3) is 0 Å². The van der Waals surface area contributed by atoms with Crippen LogP contribution in [0.4, 0.5) is 26.3 Å². The van der Waals surface area contributed by atoms with Crippen molar-refractivity contribution in [1.82, 2.24) is 0 Å². The molecule has 0 aromatic heterocycles. The topological polar surface area (TPSA) is 47.6 Å². The van der Waals surface area contributed by atoms with E-state index in [-0.39, 0.29) is 11.1 Å². The van der Waals surface area contributed by atoms with Gasteiger partial charge in [0.15, 0.2) is 0 Å². The first-order valence-electron chi connectivity index (χ1n) is 6.31. The van der Waals surface area contributed by atoms with Gasteiger partial charge < -0.3 is 0 Å². The van der Waals surface area contributed by atoms with Gasteiger partial charge in [-0.15, -0.1) is 0 Å². The Hall–Kier alpha value is -3.00. The van der Waals surface area contributed by atoms with E-state index in [1.807, 2.05) is 0 Å². The minimum Gasteiger partial charge on any atom is -0.192 e. The fourth-order valence-corrected chi connectivity index (χ4v) is 2.11. The normalized spacial score (nSPS) is 11.7. The fourth-order valence-electron chi connectivity index (χ4n) is 2.11. The second kappa shape index (κ2) is 5.89. The first kappa shape index (κ1) is 17.4. The van der Waals surface area contributed by atoms with E-state index >= 15 is 0 Å². The molecule has 0 saturated heterocycles. The number of alkyl halides is 6. The van der Waals surface area contributed by atoms with Crippen LogP contribution in [0.2, 0.25) is 0 Å². The summed E-state index contributed by atoms with van der Waals surface area (Å²) in [5.74, 6) is 0. The lowest BCUT2D eigenvalue weighted by atomic mass is 9.96. The van der Waals surface area contributed by atoms with E-state index < -0.39 is 34.6 Å².